The number of benzene rings is 2. The number of rotatable bonds is 8. The number of carbonyl (C=O) groups excluding carboxylic acids is 2. The average Bonchev–Trinajstić information content (AvgIpc) is 2.81. The number of ether oxygens (including phenoxy) is 2. The van der Waals surface area contributed by atoms with Crippen LogP contribution in [0.1, 0.15) is 27.9 Å². The summed E-state index contributed by atoms with van der Waals surface area (Å²) in [7, 11) is 1.54. The molecule has 0 aliphatic carbocycles. The van der Waals surface area contributed by atoms with E-state index < -0.39 is 17.6 Å². The molecule has 9 heteroatoms. The van der Waals surface area contributed by atoms with Gasteiger partial charge in [0.25, 0.3) is 5.91 Å². The molecule has 31 heavy (non-hydrogen) atoms. The van der Waals surface area contributed by atoms with Crippen molar-refractivity contribution in [1.82, 2.24) is 10.8 Å². The van der Waals surface area contributed by atoms with Gasteiger partial charge in [0, 0.05) is 31.7 Å². The van der Waals surface area contributed by atoms with Gasteiger partial charge in [-0.25, -0.2) is 9.87 Å². The molecule has 8 nitrogen and oxygen atoms in total. The van der Waals surface area contributed by atoms with Crippen molar-refractivity contribution >= 4 is 17.5 Å². The SMILES string of the molecule is COc1ccc(CNC(=O)c2cc(F)ccc2N2CCOCC2)c(CCC(=O)NO)c1. The zero-order valence-electron chi connectivity index (χ0n) is 17.3. The minimum absolute atomic E-state index is 0.0791. The lowest BCUT2D eigenvalue weighted by atomic mass is 10.0. The highest BCUT2D eigenvalue weighted by atomic mass is 19.1. The molecule has 166 valence electrons. The number of morpholine rings is 1. The standard InChI is InChI=1S/C22H26FN3O5/c1-30-18-5-2-16(15(12-18)3-7-21(27)25-29)14-24-22(28)19-13-17(23)4-6-20(19)26-8-10-31-11-9-26/h2,4-6,12-13,29H,3,7-11,14H2,1H3,(H,24,28)(H,25,27). The van der Waals surface area contributed by atoms with Crippen molar-refractivity contribution < 1.29 is 28.7 Å². The van der Waals surface area contributed by atoms with Crippen molar-refractivity contribution in [3.05, 3.63) is 58.9 Å². The molecule has 0 unspecified atom stereocenters. The maximum atomic E-state index is 13.9. The summed E-state index contributed by atoms with van der Waals surface area (Å²) >= 11 is 0. The molecule has 2 amide bonds. The maximum absolute atomic E-state index is 13.9. The second kappa shape index (κ2) is 10.7. The van der Waals surface area contributed by atoms with Crippen LogP contribution in [0.2, 0.25) is 0 Å². The summed E-state index contributed by atoms with van der Waals surface area (Å²) in [5.74, 6) is -0.764. The Labute approximate surface area is 179 Å². The average molecular weight is 431 g/mol. The second-order valence-corrected chi connectivity index (χ2v) is 7.11. The van der Waals surface area contributed by atoms with E-state index in [1.807, 2.05) is 4.90 Å². The molecule has 1 saturated heterocycles. The number of hydrogen-bond donors (Lipinski definition) is 3. The van der Waals surface area contributed by atoms with Crippen molar-refractivity contribution in [3.8, 4) is 5.75 Å². The summed E-state index contributed by atoms with van der Waals surface area (Å²) in [4.78, 5) is 26.3. The van der Waals surface area contributed by atoms with E-state index in [4.69, 9.17) is 14.7 Å². The van der Waals surface area contributed by atoms with Crippen molar-refractivity contribution in [1.29, 1.82) is 0 Å². The van der Waals surface area contributed by atoms with E-state index in [0.717, 1.165) is 11.1 Å². The second-order valence-electron chi connectivity index (χ2n) is 7.11. The topological polar surface area (TPSA) is 100 Å². The number of carbonyl (C=O) groups is 2. The van der Waals surface area contributed by atoms with Gasteiger partial charge in [0.1, 0.15) is 11.6 Å². The third-order valence-corrected chi connectivity index (χ3v) is 5.15. The molecule has 3 N–H and O–H groups in total. The molecule has 0 bridgehead atoms. The van der Waals surface area contributed by atoms with E-state index in [-0.39, 0.29) is 18.5 Å². The summed E-state index contributed by atoms with van der Waals surface area (Å²) in [6, 6.07) is 9.55. The Balaban J connectivity index is 1.76. The molecule has 0 atom stereocenters. The Bertz CT molecular complexity index is 931. The molecule has 0 saturated carbocycles. The third kappa shape index (κ3) is 5.93. The zero-order valence-corrected chi connectivity index (χ0v) is 17.3. The van der Waals surface area contributed by atoms with Crippen LogP contribution in [0, 0.1) is 5.82 Å². The number of nitrogens with zero attached hydrogens (tertiary/aromatic N) is 1. The van der Waals surface area contributed by atoms with Crippen LogP contribution >= 0.6 is 0 Å². The summed E-state index contributed by atoms with van der Waals surface area (Å²) in [5, 5.41) is 11.6. The van der Waals surface area contributed by atoms with Crippen LogP contribution in [-0.2, 0) is 22.5 Å². The third-order valence-electron chi connectivity index (χ3n) is 5.15. The van der Waals surface area contributed by atoms with Crippen LogP contribution in [0.4, 0.5) is 10.1 Å². The highest BCUT2D eigenvalue weighted by molar-refractivity contribution is 5.99. The first-order valence-corrected chi connectivity index (χ1v) is 10.0. The Morgan fingerprint density at radius 1 is 1.16 bits per heavy atom. The van der Waals surface area contributed by atoms with Gasteiger partial charge in [-0.05, 0) is 47.9 Å². The fourth-order valence-electron chi connectivity index (χ4n) is 3.48. The Hall–Kier alpha value is -3.17. The fourth-order valence-corrected chi connectivity index (χ4v) is 3.48. The van der Waals surface area contributed by atoms with Gasteiger partial charge in [-0.1, -0.05) is 6.07 Å². The van der Waals surface area contributed by atoms with E-state index in [9.17, 15) is 14.0 Å². The number of hydroxylamine groups is 1. The highest BCUT2D eigenvalue weighted by Gasteiger charge is 2.20. The van der Waals surface area contributed by atoms with E-state index in [1.54, 1.807) is 29.7 Å². The maximum Gasteiger partial charge on any atom is 0.253 e. The smallest absolute Gasteiger partial charge is 0.253 e. The summed E-state index contributed by atoms with van der Waals surface area (Å²) in [6.07, 6.45) is 0.434. The van der Waals surface area contributed by atoms with Crippen LogP contribution in [0.25, 0.3) is 0 Å². The first-order chi connectivity index (χ1) is 15.0. The minimum Gasteiger partial charge on any atom is -0.497 e. The Kier molecular flexibility index (Phi) is 7.80. The summed E-state index contributed by atoms with van der Waals surface area (Å²) in [5.41, 5.74) is 4.13. The number of amides is 2. The molecular formula is C22H26FN3O5. The van der Waals surface area contributed by atoms with Gasteiger partial charge in [0.15, 0.2) is 0 Å². The van der Waals surface area contributed by atoms with Crippen LogP contribution in [-0.4, -0.2) is 50.4 Å². The van der Waals surface area contributed by atoms with Gasteiger partial charge in [0.2, 0.25) is 5.91 Å². The fraction of sp³-hybridized carbons (Fsp3) is 0.364. The first kappa shape index (κ1) is 22.5. The van der Waals surface area contributed by atoms with Crippen molar-refractivity contribution in [2.24, 2.45) is 0 Å². The number of hydrogen-bond acceptors (Lipinski definition) is 6. The molecule has 3 rings (SSSR count). The predicted molar refractivity (Wildman–Crippen MR) is 112 cm³/mol. The van der Waals surface area contributed by atoms with E-state index >= 15 is 0 Å². The number of halogens is 1. The van der Waals surface area contributed by atoms with Crippen LogP contribution < -0.4 is 20.4 Å². The molecular weight excluding hydrogens is 405 g/mol. The van der Waals surface area contributed by atoms with Gasteiger partial charge >= 0.3 is 0 Å². The number of methoxy groups -OCH3 is 1. The van der Waals surface area contributed by atoms with Gasteiger partial charge in [-0.3, -0.25) is 14.8 Å². The zero-order chi connectivity index (χ0) is 22.2. The lowest BCUT2D eigenvalue weighted by Crippen LogP contribution is -2.38. The summed E-state index contributed by atoms with van der Waals surface area (Å²) in [6.45, 7) is 2.55. The predicted octanol–water partition coefficient (Wildman–Crippen LogP) is 2.04. The Morgan fingerprint density at radius 3 is 2.65 bits per heavy atom. The largest absolute Gasteiger partial charge is 0.497 e. The van der Waals surface area contributed by atoms with E-state index in [1.165, 1.54) is 19.2 Å². The lowest BCUT2D eigenvalue weighted by molar-refractivity contribution is -0.129. The van der Waals surface area contributed by atoms with Gasteiger partial charge in [-0.15, -0.1) is 0 Å². The van der Waals surface area contributed by atoms with Crippen molar-refractivity contribution in [2.75, 3.05) is 38.3 Å². The van der Waals surface area contributed by atoms with Crippen LogP contribution in [0.5, 0.6) is 5.75 Å². The first-order valence-electron chi connectivity index (χ1n) is 10.0. The molecule has 1 aliphatic heterocycles. The molecule has 2 aromatic carbocycles. The molecule has 0 spiro atoms. The quantitative estimate of drug-likeness (QED) is 0.437. The van der Waals surface area contributed by atoms with Crippen molar-refractivity contribution in [3.63, 3.8) is 0 Å². The monoisotopic (exact) mass is 431 g/mol. The molecule has 2 aromatic rings. The number of anilines is 1. The minimum atomic E-state index is -0.507. The van der Waals surface area contributed by atoms with E-state index in [0.29, 0.717) is 44.2 Å². The van der Waals surface area contributed by atoms with Crippen molar-refractivity contribution in [2.45, 2.75) is 19.4 Å². The number of aryl methyl sites for hydroxylation is 1. The van der Waals surface area contributed by atoms with Gasteiger partial charge in [0.05, 0.1) is 25.9 Å². The van der Waals surface area contributed by atoms with E-state index in [2.05, 4.69) is 5.32 Å². The molecule has 1 aliphatic rings. The summed E-state index contributed by atoms with van der Waals surface area (Å²) < 4.78 is 24.5. The molecule has 0 radical (unpaired) electrons. The highest BCUT2D eigenvalue weighted by Crippen LogP contribution is 2.24. The molecule has 1 heterocycles. The van der Waals surface area contributed by atoms with Crippen LogP contribution in [0.3, 0.4) is 0 Å². The number of nitrogens with one attached hydrogen (secondary N) is 2. The Morgan fingerprint density at radius 2 is 1.94 bits per heavy atom. The molecule has 0 aromatic heterocycles. The van der Waals surface area contributed by atoms with Gasteiger partial charge < -0.3 is 19.7 Å². The normalized spacial score (nSPS) is 13.6. The van der Waals surface area contributed by atoms with Gasteiger partial charge in [-0.2, -0.15) is 0 Å². The van der Waals surface area contributed by atoms with Crippen LogP contribution in [0.15, 0.2) is 36.4 Å². The lowest BCUT2D eigenvalue weighted by Gasteiger charge is -2.30. The molecule has 1 fully saturated rings.